The van der Waals surface area contributed by atoms with E-state index in [1.165, 1.54) is 37.7 Å². The van der Waals surface area contributed by atoms with E-state index < -0.39 is 0 Å². The molecule has 0 saturated heterocycles. The van der Waals surface area contributed by atoms with Crippen LogP contribution in [-0.2, 0) is 6.42 Å². The second-order valence-electron chi connectivity index (χ2n) is 6.24. The van der Waals surface area contributed by atoms with Crippen LogP contribution >= 0.6 is 0 Å². The van der Waals surface area contributed by atoms with Gasteiger partial charge in [-0.1, -0.05) is 71.1 Å². The molecule has 0 aliphatic rings. The molecule has 0 spiro atoms. The number of carbonyl (C=O) groups is 1. The van der Waals surface area contributed by atoms with Crippen LogP contribution in [0.3, 0.4) is 0 Å². The molecule has 1 aromatic carbocycles. The highest BCUT2D eigenvalue weighted by atomic mass is 16.1. The number of rotatable bonds is 10. The summed E-state index contributed by atoms with van der Waals surface area (Å²) in [6.45, 7) is 6.66. The highest BCUT2D eigenvalue weighted by molar-refractivity contribution is 5.96. The Labute approximate surface area is 124 Å². The lowest BCUT2D eigenvalue weighted by Gasteiger charge is -2.07. The lowest BCUT2D eigenvalue weighted by Crippen LogP contribution is -2.01. The molecule has 1 rings (SSSR count). The summed E-state index contributed by atoms with van der Waals surface area (Å²) in [6, 6.07) is 8.19. The van der Waals surface area contributed by atoms with Crippen molar-refractivity contribution >= 4 is 5.78 Å². The highest BCUT2D eigenvalue weighted by Crippen LogP contribution is 2.14. The normalized spacial score (nSPS) is 11.0. The summed E-state index contributed by atoms with van der Waals surface area (Å²) in [5.41, 5.74) is 2.19. The van der Waals surface area contributed by atoms with Gasteiger partial charge >= 0.3 is 0 Å². The van der Waals surface area contributed by atoms with E-state index in [4.69, 9.17) is 0 Å². The van der Waals surface area contributed by atoms with Crippen molar-refractivity contribution in [2.24, 2.45) is 5.92 Å². The number of ketones is 1. The topological polar surface area (TPSA) is 17.1 Å². The standard InChI is InChI=1S/C19H30O/c1-4-5-6-7-8-9-13-19(20)18-12-10-11-17(15-18)14-16(2)3/h10-12,15-16H,4-9,13-14H2,1-3H3. The first-order valence-electron chi connectivity index (χ1n) is 8.25. The summed E-state index contributed by atoms with van der Waals surface area (Å²) in [7, 11) is 0. The van der Waals surface area contributed by atoms with Crippen LogP contribution in [0.1, 0.15) is 81.6 Å². The largest absolute Gasteiger partial charge is 0.294 e. The summed E-state index contributed by atoms with van der Waals surface area (Å²) in [4.78, 5) is 12.2. The van der Waals surface area contributed by atoms with Crippen molar-refractivity contribution < 1.29 is 4.79 Å². The van der Waals surface area contributed by atoms with Crippen molar-refractivity contribution in [1.82, 2.24) is 0 Å². The Morgan fingerprint density at radius 2 is 1.75 bits per heavy atom. The SMILES string of the molecule is CCCCCCCCC(=O)c1cccc(CC(C)C)c1. The van der Waals surface area contributed by atoms with Gasteiger partial charge < -0.3 is 0 Å². The summed E-state index contributed by atoms with van der Waals surface area (Å²) in [5, 5.41) is 0. The van der Waals surface area contributed by atoms with Crippen molar-refractivity contribution in [3.63, 3.8) is 0 Å². The van der Waals surface area contributed by atoms with E-state index in [9.17, 15) is 4.79 Å². The van der Waals surface area contributed by atoms with Gasteiger partial charge in [-0.3, -0.25) is 4.79 Å². The van der Waals surface area contributed by atoms with Gasteiger partial charge in [-0.25, -0.2) is 0 Å². The first-order chi connectivity index (χ1) is 9.63. The van der Waals surface area contributed by atoms with Gasteiger partial charge in [0.15, 0.2) is 5.78 Å². The van der Waals surface area contributed by atoms with Crippen LogP contribution in [0.15, 0.2) is 24.3 Å². The van der Waals surface area contributed by atoms with E-state index in [1.807, 2.05) is 12.1 Å². The number of Topliss-reactive ketones (excluding diaryl/α,β-unsaturated/α-hetero) is 1. The molecule has 1 nitrogen and oxygen atoms in total. The number of hydrogen-bond donors (Lipinski definition) is 0. The Bertz CT molecular complexity index is 393. The number of carbonyl (C=O) groups excluding carboxylic acids is 1. The van der Waals surface area contributed by atoms with Gasteiger partial charge in [-0.15, -0.1) is 0 Å². The highest BCUT2D eigenvalue weighted by Gasteiger charge is 2.07. The summed E-state index contributed by atoms with van der Waals surface area (Å²) >= 11 is 0. The predicted octanol–water partition coefficient (Wildman–Crippen LogP) is 5.82. The molecular formula is C19H30O. The van der Waals surface area contributed by atoms with Crippen LogP contribution in [0.25, 0.3) is 0 Å². The van der Waals surface area contributed by atoms with E-state index in [1.54, 1.807) is 0 Å². The Morgan fingerprint density at radius 3 is 2.45 bits per heavy atom. The quantitative estimate of drug-likeness (QED) is 0.388. The molecule has 0 radical (unpaired) electrons. The minimum atomic E-state index is 0.311. The summed E-state index contributed by atoms with van der Waals surface area (Å²) in [6.07, 6.45) is 9.18. The molecule has 0 aliphatic carbocycles. The maximum atomic E-state index is 12.2. The van der Waals surface area contributed by atoms with Gasteiger partial charge in [0.2, 0.25) is 0 Å². The van der Waals surface area contributed by atoms with Crippen molar-refractivity contribution in [2.45, 2.75) is 72.1 Å². The lowest BCUT2D eigenvalue weighted by atomic mass is 9.98. The average Bonchev–Trinajstić information content (AvgIpc) is 2.42. The molecule has 0 atom stereocenters. The Hall–Kier alpha value is -1.11. The molecule has 0 N–H and O–H groups in total. The number of hydrogen-bond acceptors (Lipinski definition) is 1. The van der Waals surface area contributed by atoms with Gasteiger partial charge in [-0.05, 0) is 30.4 Å². The molecule has 1 heteroatoms. The van der Waals surface area contributed by atoms with E-state index in [-0.39, 0.29) is 0 Å². The molecule has 0 amide bonds. The van der Waals surface area contributed by atoms with Gasteiger partial charge in [0, 0.05) is 12.0 Å². The van der Waals surface area contributed by atoms with Crippen LogP contribution in [0.2, 0.25) is 0 Å². The van der Waals surface area contributed by atoms with Crippen molar-refractivity contribution in [1.29, 1.82) is 0 Å². The van der Waals surface area contributed by atoms with Gasteiger partial charge in [-0.2, -0.15) is 0 Å². The van der Waals surface area contributed by atoms with Crippen molar-refractivity contribution in [2.75, 3.05) is 0 Å². The molecule has 1 aromatic rings. The Balaban J connectivity index is 2.35. The zero-order valence-corrected chi connectivity index (χ0v) is 13.5. The summed E-state index contributed by atoms with van der Waals surface area (Å²) < 4.78 is 0. The molecule has 0 aromatic heterocycles. The van der Waals surface area contributed by atoms with Crippen molar-refractivity contribution in [3.8, 4) is 0 Å². The van der Waals surface area contributed by atoms with E-state index >= 15 is 0 Å². The summed E-state index contributed by atoms with van der Waals surface area (Å²) in [5.74, 6) is 0.949. The van der Waals surface area contributed by atoms with Gasteiger partial charge in [0.1, 0.15) is 0 Å². The zero-order chi connectivity index (χ0) is 14.8. The first kappa shape index (κ1) is 16.9. The third-order valence-electron chi connectivity index (χ3n) is 3.65. The minimum absolute atomic E-state index is 0.311. The minimum Gasteiger partial charge on any atom is -0.294 e. The zero-order valence-electron chi connectivity index (χ0n) is 13.5. The lowest BCUT2D eigenvalue weighted by molar-refractivity contribution is 0.0979. The number of unbranched alkanes of at least 4 members (excludes halogenated alkanes) is 5. The predicted molar refractivity (Wildman–Crippen MR) is 87.3 cm³/mol. The molecular weight excluding hydrogens is 244 g/mol. The molecule has 0 aliphatic heterocycles. The molecule has 0 unspecified atom stereocenters. The second kappa shape index (κ2) is 9.74. The third kappa shape index (κ3) is 6.88. The van der Waals surface area contributed by atoms with E-state index in [0.29, 0.717) is 18.1 Å². The Morgan fingerprint density at radius 1 is 1.05 bits per heavy atom. The maximum Gasteiger partial charge on any atom is 0.162 e. The van der Waals surface area contributed by atoms with E-state index in [0.717, 1.165) is 18.4 Å². The van der Waals surface area contributed by atoms with Crippen LogP contribution < -0.4 is 0 Å². The fourth-order valence-electron chi connectivity index (χ4n) is 2.55. The number of benzene rings is 1. The van der Waals surface area contributed by atoms with Crippen LogP contribution in [0, 0.1) is 5.92 Å². The van der Waals surface area contributed by atoms with Gasteiger partial charge in [0.25, 0.3) is 0 Å². The van der Waals surface area contributed by atoms with Crippen LogP contribution in [0.5, 0.6) is 0 Å². The third-order valence-corrected chi connectivity index (χ3v) is 3.65. The van der Waals surface area contributed by atoms with Gasteiger partial charge in [0.05, 0.1) is 0 Å². The monoisotopic (exact) mass is 274 g/mol. The molecule has 112 valence electrons. The fraction of sp³-hybridized carbons (Fsp3) is 0.632. The smallest absolute Gasteiger partial charge is 0.162 e. The molecule has 0 bridgehead atoms. The Kier molecular flexibility index (Phi) is 8.25. The second-order valence-corrected chi connectivity index (χ2v) is 6.24. The fourth-order valence-corrected chi connectivity index (χ4v) is 2.55. The molecule has 20 heavy (non-hydrogen) atoms. The average molecular weight is 274 g/mol. The molecule has 0 fully saturated rings. The molecule has 0 heterocycles. The van der Waals surface area contributed by atoms with Crippen molar-refractivity contribution in [3.05, 3.63) is 35.4 Å². The van der Waals surface area contributed by atoms with Crippen LogP contribution in [0.4, 0.5) is 0 Å². The maximum absolute atomic E-state index is 12.2. The molecule has 0 saturated carbocycles. The van der Waals surface area contributed by atoms with E-state index in [2.05, 4.69) is 32.9 Å². The van der Waals surface area contributed by atoms with Crippen LogP contribution in [-0.4, -0.2) is 5.78 Å². The first-order valence-corrected chi connectivity index (χ1v) is 8.25.